The van der Waals surface area contributed by atoms with Gasteiger partial charge >= 0.3 is 6.18 Å². The summed E-state index contributed by atoms with van der Waals surface area (Å²) in [6, 6.07) is 5.24. The number of aliphatic imine (C=N–C) groups is 1. The van der Waals surface area contributed by atoms with Crippen molar-refractivity contribution in [1.82, 2.24) is 15.1 Å². The van der Waals surface area contributed by atoms with Crippen molar-refractivity contribution in [2.24, 2.45) is 4.99 Å². The van der Waals surface area contributed by atoms with Crippen molar-refractivity contribution in [3.63, 3.8) is 0 Å². The minimum absolute atomic E-state index is 0. The van der Waals surface area contributed by atoms with E-state index >= 15 is 0 Å². The molecule has 1 saturated heterocycles. The number of nitrogens with one attached hydrogen (secondary N) is 1. The zero-order chi connectivity index (χ0) is 20.1. The second-order valence-electron chi connectivity index (χ2n) is 7.18. The lowest BCUT2D eigenvalue weighted by Gasteiger charge is -2.43. The second-order valence-corrected chi connectivity index (χ2v) is 7.18. The number of alkyl halides is 3. The number of likely N-dealkylation sites (N-methyl/N-ethyl adjacent to an activating group) is 1. The molecule has 1 N–H and O–H groups in total. The fourth-order valence-electron chi connectivity index (χ4n) is 3.31. The molecule has 0 amide bonds. The van der Waals surface area contributed by atoms with Crippen molar-refractivity contribution in [2.75, 3.05) is 47.9 Å². The lowest BCUT2D eigenvalue weighted by molar-refractivity contribution is -0.137. The highest BCUT2D eigenvalue weighted by molar-refractivity contribution is 14.0. The van der Waals surface area contributed by atoms with E-state index in [0.717, 1.165) is 50.3 Å². The van der Waals surface area contributed by atoms with Crippen molar-refractivity contribution in [3.05, 3.63) is 35.4 Å². The molecule has 1 heterocycles. The Balaban J connectivity index is 0.00000392. The maximum atomic E-state index is 12.7. The molecule has 0 radical (unpaired) electrons. The minimum atomic E-state index is -4.31. The maximum absolute atomic E-state index is 12.7. The van der Waals surface area contributed by atoms with Crippen molar-refractivity contribution < 1.29 is 17.9 Å². The quantitative estimate of drug-likeness (QED) is 0.372. The van der Waals surface area contributed by atoms with Crippen LogP contribution in [0, 0.1) is 0 Å². The molecule has 0 aromatic heterocycles. The van der Waals surface area contributed by atoms with Crippen LogP contribution < -0.4 is 5.32 Å². The fourth-order valence-corrected chi connectivity index (χ4v) is 3.31. The summed E-state index contributed by atoms with van der Waals surface area (Å²) in [5.74, 6) is 0.711. The van der Waals surface area contributed by atoms with E-state index in [0.29, 0.717) is 12.5 Å². The summed E-state index contributed by atoms with van der Waals surface area (Å²) in [5.41, 5.74) is 0.161. The number of benzene rings is 1. The number of guanidine groups is 1. The van der Waals surface area contributed by atoms with Gasteiger partial charge in [-0.1, -0.05) is 12.1 Å². The van der Waals surface area contributed by atoms with E-state index in [2.05, 4.69) is 29.3 Å². The van der Waals surface area contributed by atoms with Gasteiger partial charge in [-0.3, -0.25) is 4.99 Å². The molecule has 1 aliphatic heterocycles. The lowest BCUT2D eigenvalue weighted by Crippen LogP contribution is -2.57. The van der Waals surface area contributed by atoms with Crippen LogP contribution in [-0.2, 0) is 17.5 Å². The standard InChI is InChI=1S/C19H29F3N4O.HI/c1-23-17(24-14-18(25(2)3)9-11-27-12-10-18)26(4)13-15-5-7-16(8-6-15)19(20,21)22;/h5-8H,9-14H2,1-4H3,(H,23,24);1H. The van der Waals surface area contributed by atoms with Gasteiger partial charge in [0.2, 0.25) is 0 Å². The monoisotopic (exact) mass is 514 g/mol. The molecule has 0 saturated carbocycles. The molecule has 0 spiro atoms. The van der Waals surface area contributed by atoms with E-state index in [1.807, 2.05) is 11.9 Å². The van der Waals surface area contributed by atoms with Crippen molar-refractivity contribution in [2.45, 2.75) is 31.1 Å². The minimum Gasteiger partial charge on any atom is -0.381 e. The van der Waals surface area contributed by atoms with Gasteiger partial charge in [0.25, 0.3) is 0 Å². The average molecular weight is 514 g/mol. The van der Waals surface area contributed by atoms with E-state index in [9.17, 15) is 13.2 Å². The average Bonchev–Trinajstić information content (AvgIpc) is 2.62. The van der Waals surface area contributed by atoms with Crippen LogP contribution in [0.4, 0.5) is 13.2 Å². The summed E-state index contributed by atoms with van der Waals surface area (Å²) in [5, 5.41) is 3.42. The van der Waals surface area contributed by atoms with Crippen molar-refractivity contribution >= 4 is 29.9 Å². The van der Waals surface area contributed by atoms with E-state index in [1.54, 1.807) is 7.05 Å². The molecule has 1 aromatic rings. The van der Waals surface area contributed by atoms with Crippen molar-refractivity contribution in [1.29, 1.82) is 0 Å². The van der Waals surface area contributed by atoms with Crippen LogP contribution in [0.2, 0.25) is 0 Å². The van der Waals surface area contributed by atoms with E-state index in [1.165, 1.54) is 12.1 Å². The third kappa shape index (κ3) is 6.48. The number of hydrogen-bond acceptors (Lipinski definition) is 3. The van der Waals surface area contributed by atoms with Gasteiger partial charge in [-0.25, -0.2) is 0 Å². The number of rotatable bonds is 5. The predicted octanol–water partition coefficient (Wildman–Crippen LogP) is 3.44. The van der Waals surface area contributed by atoms with Crippen molar-refractivity contribution in [3.8, 4) is 0 Å². The van der Waals surface area contributed by atoms with E-state index in [-0.39, 0.29) is 29.5 Å². The van der Waals surface area contributed by atoms with Crippen LogP contribution in [0.1, 0.15) is 24.0 Å². The summed E-state index contributed by atoms with van der Waals surface area (Å²) in [7, 11) is 7.72. The number of nitrogens with zero attached hydrogens (tertiary/aromatic N) is 3. The van der Waals surface area contributed by atoms with Gasteiger partial charge in [-0.15, -0.1) is 24.0 Å². The molecule has 1 aromatic carbocycles. The second kappa shape index (κ2) is 10.6. The highest BCUT2D eigenvalue weighted by Gasteiger charge is 2.35. The maximum Gasteiger partial charge on any atom is 0.416 e. The Morgan fingerprint density at radius 2 is 1.71 bits per heavy atom. The molecular weight excluding hydrogens is 484 g/mol. The zero-order valence-electron chi connectivity index (χ0n) is 16.8. The molecule has 0 atom stereocenters. The summed E-state index contributed by atoms with van der Waals surface area (Å²) >= 11 is 0. The van der Waals surface area contributed by atoms with Gasteiger partial charge in [0.05, 0.1) is 5.56 Å². The van der Waals surface area contributed by atoms with Crippen LogP contribution in [0.15, 0.2) is 29.3 Å². The van der Waals surface area contributed by atoms with Gasteiger partial charge in [0, 0.05) is 45.9 Å². The fraction of sp³-hybridized carbons (Fsp3) is 0.632. The van der Waals surface area contributed by atoms with Gasteiger partial charge in [-0.2, -0.15) is 13.2 Å². The Bertz CT molecular complexity index is 629. The smallest absolute Gasteiger partial charge is 0.381 e. The summed E-state index contributed by atoms with van der Waals surface area (Å²) in [4.78, 5) is 8.45. The molecule has 160 valence electrons. The third-order valence-corrected chi connectivity index (χ3v) is 5.22. The Hall–Kier alpha value is -1.07. The molecular formula is C19H30F3IN4O. The largest absolute Gasteiger partial charge is 0.416 e. The molecule has 0 unspecified atom stereocenters. The molecule has 28 heavy (non-hydrogen) atoms. The van der Waals surface area contributed by atoms with Gasteiger partial charge < -0.3 is 19.9 Å². The summed E-state index contributed by atoms with van der Waals surface area (Å²) in [6.07, 6.45) is -2.44. The van der Waals surface area contributed by atoms with Crippen LogP contribution in [0.5, 0.6) is 0 Å². The molecule has 9 heteroatoms. The first kappa shape index (κ1) is 25.0. The lowest BCUT2D eigenvalue weighted by atomic mass is 9.88. The van der Waals surface area contributed by atoms with Crippen LogP contribution in [0.3, 0.4) is 0 Å². The van der Waals surface area contributed by atoms with Crippen LogP contribution >= 0.6 is 24.0 Å². The summed E-state index contributed by atoms with van der Waals surface area (Å²) in [6.45, 7) is 2.67. The highest BCUT2D eigenvalue weighted by Crippen LogP contribution is 2.29. The molecule has 1 fully saturated rings. The zero-order valence-corrected chi connectivity index (χ0v) is 19.2. The number of halogens is 4. The van der Waals surface area contributed by atoms with Crippen LogP contribution in [-0.4, -0.2) is 69.2 Å². The molecule has 0 aliphatic carbocycles. The third-order valence-electron chi connectivity index (χ3n) is 5.22. The highest BCUT2D eigenvalue weighted by atomic mass is 127. The first-order chi connectivity index (χ1) is 12.7. The molecule has 5 nitrogen and oxygen atoms in total. The van der Waals surface area contributed by atoms with E-state index in [4.69, 9.17) is 4.74 Å². The van der Waals surface area contributed by atoms with Gasteiger partial charge in [0.15, 0.2) is 5.96 Å². The Morgan fingerprint density at radius 3 is 2.18 bits per heavy atom. The van der Waals surface area contributed by atoms with Gasteiger partial charge in [-0.05, 0) is 44.6 Å². The number of hydrogen-bond donors (Lipinski definition) is 1. The first-order valence-electron chi connectivity index (χ1n) is 9.01. The van der Waals surface area contributed by atoms with E-state index < -0.39 is 11.7 Å². The molecule has 1 aliphatic rings. The Morgan fingerprint density at radius 1 is 1.14 bits per heavy atom. The molecule has 2 rings (SSSR count). The van der Waals surface area contributed by atoms with Crippen LogP contribution in [0.25, 0.3) is 0 Å². The summed E-state index contributed by atoms with van der Waals surface area (Å²) < 4.78 is 43.6. The number of ether oxygens (including phenoxy) is 1. The van der Waals surface area contributed by atoms with Gasteiger partial charge in [0.1, 0.15) is 0 Å². The topological polar surface area (TPSA) is 40.1 Å². The molecule has 0 bridgehead atoms. The predicted molar refractivity (Wildman–Crippen MR) is 116 cm³/mol. The Labute approximate surface area is 182 Å². The first-order valence-corrected chi connectivity index (χ1v) is 9.01. The SMILES string of the molecule is CN=C(NCC1(N(C)C)CCOCC1)N(C)Cc1ccc(C(F)(F)F)cc1.I. The normalized spacial score (nSPS) is 17.2. The Kier molecular flexibility index (Phi) is 9.48.